The van der Waals surface area contributed by atoms with Gasteiger partial charge in [0.05, 0.1) is 4.88 Å². The lowest BCUT2D eigenvalue weighted by molar-refractivity contribution is -0.132. The Hall–Kier alpha value is -3.33. The molecule has 4 amide bonds. The Balaban J connectivity index is 1.53. The van der Waals surface area contributed by atoms with E-state index in [1.807, 2.05) is 44.2 Å². The number of hydrogen-bond acceptors (Lipinski definition) is 6. The molecule has 2 N–H and O–H groups in total. The van der Waals surface area contributed by atoms with E-state index in [0.29, 0.717) is 28.4 Å². The van der Waals surface area contributed by atoms with E-state index in [-0.39, 0.29) is 0 Å². The van der Waals surface area contributed by atoms with Crippen molar-refractivity contribution in [1.82, 2.24) is 25.7 Å². The lowest BCUT2D eigenvalue weighted by Crippen LogP contribution is -2.48. The van der Waals surface area contributed by atoms with Crippen molar-refractivity contribution in [2.24, 2.45) is 0 Å². The average molecular weight is 438 g/mol. The van der Waals surface area contributed by atoms with Gasteiger partial charge in [-0.25, -0.2) is 14.8 Å². The molecule has 3 aromatic rings. The van der Waals surface area contributed by atoms with Crippen LogP contribution in [0.25, 0.3) is 10.2 Å². The highest BCUT2D eigenvalue weighted by Gasteiger charge is 2.48. The molecule has 1 aliphatic heterocycles. The summed E-state index contributed by atoms with van der Waals surface area (Å²) < 4.78 is 0. The summed E-state index contributed by atoms with van der Waals surface area (Å²) >= 11 is 1.22. The highest BCUT2D eigenvalue weighted by molar-refractivity contribution is 7.20. The summed E-state index contributed by atoms with van der Waals surface area (Å²) in [6, 6.07) is 9.09. The highest BCUT2D eigenvalue weighted by atomic mass is 32.1. The molecule has 3 heterocycles. The van der Waals surface area contributed by atoms with Crippen LogP contribution >= 0.6 is 11.3 Å². The molecule has 9 heteroatoms. The third-order valence-electron chi connectivity index (χ3n) is 5.52. The van der Waals surface area contributed by atoms with E-state index in [1.54, 1.807) is 13.8 Å². The Morgan fingerprint density at radius 1 is 1.16 bits per heavy atom. The van der Waals surface area contributed by atoms with Crippen molar-refractivity contribution >= 4 is 39.4 Å². The molecule has 4 rings (SSSR count). The number of carbonyl (C=O) groups is 3. The fourth-order valence-electron chi connectivity index (χ4n) is 3.84. The van der Waals surface area contributed by atoms with Gasteiger partial charge in [0.15, 0.2) is 0 Å². The first-order chi connectivity index (χ1) is 14.7. The number of amides is 4. The zero-order valence-electron chi connectivity index (χ0n) is 17.8. The van der Waals surface area contributed by atoms with Crippen LogP contribution in [-0.2, 0) is 11.2 Å². The van der Waals surface area contributed by atoms with E-state index in [0.717, 1.165) is 27.2 Å². The maximum Gasteiger partial charge on any atom is 0.344 e. The molecule has 0 saturated carbocycles. The smallest absolute Gasteiger partial charge is 0.322 e. The van der Waals surface area contributed by atoms with Gasteiger partial charge < -0.3 is 5.32 Å². The summed E-state index contributed by atoms with van der Waals surface area (Å²) in [5.74, 6) is -0.373. The van der Waals surface area contributed by atoms with E-state index in [2.05, 4.69) is 20.7 Å². The van der Waals surface area contributed by atoms with Gasteiger partial charge in [0.1, 0.15) is 16.2 Å². The Morgan fingerprint density at radius 2 is 1.87 bits per heavy atom. The molecule has 31 heavy (non-hydrogen) atoms. The zero-order valence-corrected chi connectivity index (χ0v) is 18.6. The lowest BCUT2D eigenvalue weighted by Gasteiger charge is -2.21. The Kier molecular flexibility index (Phi) is 5.22. The van der Waals surface area contributed by atoms with E-state index in [9.17, 15) is 14.4 Å². The maximum atomic E-state index is 13.0. The van der Waals surface area contributed by atoms with Gasteiger partial charge in [0.2, 0.25) is 0 Å². The number of urea groups is 1. The summed E-state index contributed by atoms with van der Waals surface area (Å²) in [5.41, 5.74) is 3.98. The lowest BCUT2D eigenvalue weighted by atomic mass is 9.93. The number of aryl methyl sites for hydroxylation is 4. The van der Waals surface area contributed by atoms with Gasteiger partial charge in [0, 0.05) is 11.1 Å². The SMILES string of the molecule is Cc1nc(C)c2c(C)c(C(=O)NN3C(=O)NC(C)(CCc4ccccc4)C3=O)sc2n1. The van der Waals surface area contributed by atoms with Crippen LogP contribution in [0, 0.1) is 20.8 Å². The van der Waals surface area contributed by atoms with Crippen LogP contribution < -0.4 is 10.7 Å². The molecule has 1 fully saturated rings. The number of rotatable bonds is 5. The number of carbonyl (C=O) groups excluding carboxylic acids is 3. The number of thiophene rings is 1. The quantitative estimate of drug-likeness (QED) is 0.597. The minimum absolute atomic E-state index is 0.400. The average Bonchev–Trinajstić information content (AvgIpc) is 3.16. The van der Waals surface area contributed by atoms with Gasteiger partial charge in [0.25, 0.3) is 11.8 Å². The minimum Gasteiger partial charge on any atom is -0.322 e. The molecular weight excluding hydrogens is 414 g/mol. The highest BCUT2D eigenvalue weighted by Crippen LogP contribution is 2.31. The topological polar surface area (TPSA) is 104 Å². The fraction of sp³-hybridized carbons (Fsp3) is 0.318. The zero-order chi connectivity index (χ0) is 22.3. The van der Waals surface area contributed by atoms with Crippen LogP contribution in [0.4, 0.5) is 4.79 Å². The molecule has 8 nitrogen and oxygen atoms in total. The molecule has 1 aliphatic rings. The normalized spacial score (nSPS) is 18.5. The van der Waals surface area contributed by atoms with Crippen molar-refractivity contribution < 1.29 is 14.4 Å². The Bertz CT molecular complexity index is 1210. The molecule has 2 aromatic heterocycles. The summed E-state index contributed by atoms with van der Waals surface area (Å²) in [6.45, 7) is 7.16. The van der Waals surface area contributed by atoms with Gasteiger partial charge in [-0.05, 0) is 51.7 Å². The molecule has 0 spiro atoms. The third kappa shape index (κ3) is 3.76. The summed E-state index contributed by atoms with van der Waals surface area (Å²) in [5, 5.41) is 4.32. The van der Waals surface area contributed by atoms with Gasteiger partial charge in [-0.2, -0.15) is 5.01 Å². The molecular formula is C22H23N5O3S. The molecule has 1 unspecified atom stereocenters. The van der Waals surface area contributed by atoms with Crippen molar-refractivity contribution in [1.29, 1.82) is 0 Å². The predicted molar refractivity (Wildman–Crippen MR) is 118 cm³/mol. The number of fused-ring (bicyclic) bond motifs is 1. The molecule has 1 aromatic carbocycles. The summed E-state index contributed by atoms with van der Waals surface area (Å²) in [4.78, 5) is 48.3. The third-order valence-corrected chi connectivity index (χ3v) is 6.70. The standard InChI is InChI=1S/C22H23N5O3S/c1-12-16-13(2)23-14(3)24-19(16)31-17(12)18(28)26-27-20(29)22(4,25-21(27)30)11-10-15-8-6-5-7-9-15/h5-9H,10-11H2,1-4H3,(H,25,30)(H,26,28). The maximum absolute atomic E-state index is 13.0. The number of nitrogens with one attached hydrogen (secondary N) is 2. The van der Waals surface area contributed by atoms with Gasteiger partial charge >= 0.3 is 6.03 Å². The van der Waals surface area contributed by atoms with Crippen molar-refractivity contribution in [3.63, 3.8) is 0 Å². The molecule has 0 bridgehead atoms. The van der Waals surface area contributed by atoms with Crippen molar-refractivity contribution in [2.75, 3.05) is 0 Å². The van der Waals surface area contributed by atoms with Gasteiger partial charge in [-0.3, -0.25) is 15.0 Å². The predicted octanol–water partition coefficient (Wildman–Crippen LogP) is 3.20. The van der Waals surface area contributed by atoms with Crippen molar-refractivity contribution in [3.05, 3.63) is 57.9 Å². The minimum atomic E-state index is -1.09. The van der Waals surface area contributed by atoms with E-state index in [1.165, 1.54) is 11.3 Å². The van der Waals surface area contributed by atoms with Crippen LogP contribution in [0.2, 0.25) is 0 Å². The second-order valence-electron chi connectivity index (χ2n) is 7.92. The number of nitrogens with zero attached hydrogens (tertiary/aromatic N) is 3. The van der Waals surface area contributed by atoms with Crippen LogP contribution in [0.5, 0.6) is 0 Å². The second kappa shape index (κ2) is 7.73. The van der Waals surface area contributed by atoms with Gasteiger partial charge in [-0.15, -0.1) is 11.3 Å². The first kappa shape index (κ1) is 20.9. The van der Waals surface area contributed by atoms with Crippen LogP contribution in [0.1, 0.15) is 45.7 Å². The van der Waals surface area contributed by atoms with Crippen LogP contribution in [0.3, 0.4) is 0 Å². The number of imide groups is 1. The number of benzene rings is 1. The van der Waals surface area contributed by atoms with Gasteiger partial charge in [-0.1, -0.05) is 30.3 Å². The monoisotopic (exact) mass is 437 g/mol. The van der Waals surface area contributed by atoms with Crippen molar-refractivity contribution in [3.8, 4) is 0 Å². The molecule has 160 valence electrons. The number of hydrogen-bond donors (Lipinski definition) is 2. The van der Waals surface area contributed by atoms with E-state index >= 15 is 0 Å². The summed E-state index contributed by atoms with van der Waals surface area (Å²) in [7, 11) is 0. The Morgan fingerprint density at radius 3 is 2.58 bits per heavy atom. The Labute approximate surface area is 183 Å². The van der Waals surface area contributed by atoms with Crippen LogP contribution in [-0.4, -0.2) is 38.4 Å². The molecule has 0 radical (unpaired) electrons. The molecule has 1 saturated heterocycles. The largest absolute Gasteiger partial charge is 0.344 e. The summed E-state index contributed by atoms with van der Waals surface area (Å²) in [6.07, 6.45) is 1.04. The van der Waals surface area contributed by atoms with Crippen LogP contribution in [0.15, 0.2) is 30.3 Å². The number of hydrazine groups is 1. The second-order valence-corrected chi connectivity index (χ2v) is 8.92. The van der Waals surface area contributed by atoms with E-state index < -0.39 is 23.4 Å². The fourth-order valence-corrected chi connectivity index (χ4v) is 5.00. The van der Waals surface area contributed by atoms with E-state index in [4.69, 9.17) is 0 Å². The first-order valence-electron chi connectivity index (χ1n) is 9.95. The van der Waals surface area contributed by atoms with Crippen molar-refractivity contribution in [2.45, 2.75) is 46.1 Å². The number of aromatic nitrogens is 2. The molecule has 0 aliphatic carbocycles. The first-order valence-corrected chi connectivity index (χ1v) is 10.8. The molecule has 1 atom stereocenters.